The molecule has 1 aromatic carbocycles. The Kier molecular flexibility index (Phi) is 4.35. The first kappa shape index (κ1) is 12.6. The maximum absolute atomic E-state index is 11.2. The van der Waals surface area contributed by atoms with E-state index in [2.05, 4.69) is 0 Å². The second-order valence-corrected chi connectivity index (χ2v) is 3.99. The van der Waals surface area contributed by atoms with Gasteiger partial charge in [-0.15, -0.1) is 0 Å². The maximum atomic E-state index is 11.2. The summed E-state index contributed by atoms with van der Waals surface area (Å²) in [6, 6.07) is 5.59. The molecule has 0 amide bonds. The van der Waals surface area contributed by atoms with E-state index in [1.807, 2.05) is 32.0 Å². The molecule has 0 fully saturated rings. The van der Waals surface area contributed by atoms with Crippen LogP contribution < -0.4 is 9.47 Å². The van der Waals surface area contributed by atoms with Crippen LogP contribution >= 0.6 is 0 Å². The molecule has 0 spiro atoms. The van der Waals surface area contributed by atoms with Crippen molar-refractivity contribution >= 4 is 5.78 Å². The van der Waals surface area contributed by atoms with E-state index in [0.717, 1.165) is 5.56 Å². The van der Waals surface area contributed by atoms with E-state index in [1.165, 1.54) is 0 Å². The third-order valence-electron chi connectivity index (χ3n) is 2.07. The van der Waals surface area contributed by atoms with Crippen LogP contribution in [0.2, 0.25) is 0 Å². The van der Waals surface area contributed by atoms with Crippen LogP contribution in [0.25, 0.3) is 0 Å². The zero-order valence-electron chi connectivity index (χ0n) is 10.2. The van der Waals surface area contributed by atoms with Crippen molar-refractivity contribution in [2.75, 3.05) is 7.11 Å². The first-order chi connectivity index (χ1) is 7.54. The van der Waals surface area contributed by atoms with Crippen molar-refractivity contribution in [2.24, 2.45) is 0 Å². The number of carbonyl (C=O) groups excluding carboxylic acids is 1. The number of ether oxygens (including phenoxy) is 2. The standard InChI is InChI=1S/C13H18O3/c1-9(2)16-13-11(8-10(3)14)6-5-7-12(13)15-4/h5-7,9H,8H2,1-4H3. The number of rotatable bonds is 5. The second-order valence-electron chi connectivity index (χ2n) is 3.99. The molecule has 0 saturated carbocycles. The SMILES string of the molecule is COc1cccc(CC(C)=O)c1OC(C)C. The predicted molar refractivity (Wildman–Crippen MR) is 63.1 cm³/mol. The largest absolute Gasteiger partial charge is 0.493 e. The Balaban J connectivity index is 3.09. The number of benzene rings is 1. The van der Waals surface area contributed by atoms with Gasteiger partial charge in [-0.2, -0.15) is 0 Å². The fourth-order valence-corrected chi connectivity index (χ4v) is 1.50. The van der Waals surface area contributed by atoms with Gasteiger partial charge in [-0.1, -0.05) is 12.1 Å². The fourth-order valence-electron chi connectivity index (χ4n) is 1.50. The number of hydrogen-bond acceptors (Lipinski definition) is 3. The van der Waals surface area contributed by atoms with Crippen LogP contribution in [0.4, 0.5) is 0 Å². The lowest BCUT2D eigenvalue weighted by atomic mass is 10.1. The minimum Gasteiger partial charge on any atom is -0.493 e. The molecule has 3 heteroatoms. The van der Waals surface area contributed by atoms with Gasteiger partial charge in [0.1, 0.15) is 5.78 Å². The smallest absolute Gasteiger partial charge is 0.165 e. The molecule has 0 N–H and O–H groups in total. The lowest BCUT2D eigenvalue weighted by Gasteiger charge is -2.16. The number of Topliss-reactive ketones (excluding diaryl/α,β-unsaturated/α-hetero) is 1. The molecule has 0 radical (unpaired) electrons. The summed E-state index contributed by atoms with van der Waals surface area (Å²) in [4.78, 5) is 11.2. The van der Waals surface area contributed by atoms with Gasteiger partial charge in [0, 0.05) is 12.0 Å². The van der Waals surface area contributed by atoms with Gasteiger partial charge < -0.3 is 9.47 Å². The van der Waals surface area contributed by atoms with Crippen molar-refractivity contribution in [1.29, 1.82) is 0 Å². The predicted octanol–water partition coefficient (Wildman–Crippen LogP) is 2.61. The number of methoxy groups -OCH3 is 1. The van der Waals surface area contributed by atoms with Crippen LogP contribution in [-0.2, 0) is 11.2 Å². The van der Waals surface area contributed by atoms with Crippen molar-refractivity contribution in [1.82, 2.24) is 0 Å². The van der Waals surface area contributed by atoms with Gasteiger partial charge in [0.25, 0.3) is 0 Å². The molecule has 88 valence electrons. The van der Waals surface area contributed by atoms with Crippen molar-refractivity contribution in [3.8, 4) is 11.5 Å². The van der Waals surface area contributed by atoms with E-state index < -0.39 is 0 Å². The van der Waals surface area contributed by atoms with Crippen LogP contribution in [0.15, 0.2) is 18.2 Å². The molecular formula is C13H18O3. The number of carbonyl (C=O) groups is 1. The summed E-state index contributed by atoms with van der Waals surface area (Å²) in [7, 11) is 1.60. The van der Waals surface area contributed by atoms with E-state index in [4.69, 9.17) is 9.47 Å². The molecule has 0 unspecified atom stereocenters. The lowest BCUT2D eigenvalue weighted by Crippen LogP contribution is -2.10. The summed E-state index contributed by atoms with van der Waals surface area (Å²) in [5, 5.41) is 0. The second kappa shape index (κ2) is 5.54. The first-order valence-corrected chi connectivity index (χ1v) is 5.36. The molecule has 0 saturated heterocycles. The average Bonchev–Trinajstić information content (AvgIpc) is 2.19. The number of hydrogen-bond donors (Lipinski definition) is 0. The Morgan fingerprint density at radius 2 is 2.06 bits per heavy atom. The van der Waals surface area contributed by atoms with E-state index in [9.17, 15) is 4.79 Å². The lowest BCUT2D eigenvalue weighted by molar-refractivity contribution is -0.116. The van der Waals surface area contributed by atoms with Crippen molar-refractivity contribution in [2.45, 2.75) is 33.3 Å². The zero-order chi connectivity index (χ0) is 12.1. The number of para-hydroxylation sites is 1. The highest BCUT2D eigenvalue weighted by Crippen LogP contribution is 2.32. The Hall–Kier alpha value is -1.51. The van der Waals surface area contributed by atoms with Gasteiger partial charge in [0.2, 0.25) is 0 Å². The van der Waals surface area contributed by atoms with Crippen molar-refractivity contribution in [3.63, 3.8) is 0 Å². The van der Waals surface area contributed by atoms with Gasteiger partial charge in [-0.25, -0.2) is 0 Å². The third-order valence-corrected chi connectivity index (χ3v) is 2.07. The van der Waals surface area contributed by atoms with Crippen LogP contribution in [0, 0.1) is 0 Å². The molecule has 0 aromatic heterocycles. The molecule has 1 rings (SSSR count). The highest BCUT2D eigenvalue weighted by atomic mass is 16.5. The molecule has 0 heterocycles. The summed E-state index contributed by atoms with van der Waals surface area (Å²) in [6.07, 6.45) is 0.432. The molecule has 3 nitrogen and oxygen atoms in total. The fraction of sp³-hybridized carbons (Fsp3) is 0.462. The Labute approximate surface area is 96.4 Å². The van der Waals surface area contributed by atoms with E-state index >= 15 is 0 Å². The summed E-state index contributed by atoms with van der Waals surface area (Å²) in [5.41, 5.74) is 0.876. The van der Waals surface area contributed by atoms with Crippen LogP contribution in [0.1, 0.15) is 26.3 Å². The van der Waals surface area contributed by atoms with Gasteiger partial charge in [0.15, 0.2) is 11.5 Å². The molecule has 16 heavy (non-hydrogen) atoms. The molecule has 0 aliphatic rings. The van der Waals surface area contributed by atoms with Crippen molar-refractivity contribution < 1.29 is 14.3 Å². The zero-order valence-corrected chi connectivity index (χ0v) is 10.2. The molecule has 0 atom stereocenters. The Morgan fingerprint density at radius 3 is 2.56 bits per heavy atom. The van der Waals surface area contributed by atoms with Gasteiger partial charge >= 0.3 is 0 Å². The summed E-state index contributed by atoms with van der Waals surface area (Å²) >= 11 is 0. The molecule has 0 aliphatic carbocycles. The van der Waals surface area contributed by atoms with E-state index in [0.29, 0.717) is 17.9 Å². The third kappa shape index (κ3) is 3.26. The summed E-state index contributed by atoms with van der Waals surface area (Å²) in [6.45, 7) is 5.46. The highest BCUT2D eigenvalue weighted by molar-refractivity contribution is 5.79. The topological polar surface area (TPSA) is 35.5 Å². The molecular weight excluding hydrogens is 204 g/mol. The van der Waals surface area contributed by atoms with E-state index in [1.54, 1.807) is 14.0 Å². The molecule has 1 aromatic rings. The quantitative estimate of drug-likeness (QED) is 0.768. The van der Waals surface area contributed by atoms with Crippen molar-refractivity contribution in [3.05, 3.63) is 23.8 Å². The Bertz CT molecular complexity index is 369. The minimum absolute atomic E-state index is 0.0574. The molecule has 0 aliphatic heterocycles. The maximum Gasteiger partial charge on any atom is 0.165 e. The first-order valence-electron chi connectivity index (χ1n) is 5.36. The normalized spacial score (nSPS) is 10.3. The van der Waals surface area contributed by atoms with Crippen LogP contribution in [0.5, 0.6) is 11.5 Å². The molecule has 0 bridgehead atoms. The van der Waals surface area contributed by atoms with E-state index in [-0.39, 0.29) is 11.9 Å². The van der Waals surface area contributed by atoms with Crippen LogP contribution in [-0.4, -0.2) is 19.0 Å². The number of ketones is 1. The monoisotopic (exact) mass is 222 g/mol. The summed E-state index contributed by atoms with van der Waals surface area (Å²) in [5.74, 6) is 1.46. The van der Waals surface area contributed by atoms with Gasteiger partial charge in [0.05, 0.1) is 13.2 Å². The van der Waals surface area contributed by atoms with Gasteiger partial charge in [-0.3, -0.25) is 4.79 Å². The average molecular weight is 222 g/mol. The highest BCUT2D eigenvalue weighted by Gasteiger charge is 2.13. The Morgan fingerprint density at radius 1 is 1.38 bits per heavy atom. The van der Waals surface area contributed by atoms with Crippen LogP contribution in [0.3, 0.4) is 0 Å². The van der Waals surface area contributed by atoms with Gasteiger partial charge in [-0.05, 0) is 26.8 Å². The minimum atomic E-state index is 0.0574. The summed E-state index contributed by atoms with van der Waals surface area (Å²) < 4.78 is 10.9.